The van der Waals surface area contributed by atoms with Gasteiger partial charge in [0.2, 0.25) is 10.0 Å². The molecule has 2 aromatic heterocycles. The van der Waals surface area contributed by atoms with Gasteiger partial charge in [0.05, 0.1) is 19.1 Å². The Kier molecular flexibility index (Phi) is 6.98. The lowest BCUT2D eigenvalue weighted by atomic mass is 10.1. The molecule has 10 nitrogen and oxygen atoms in total. The first kappa shape index (κ1) is 25.0. The van der Waals surface area contributed by atoms with Gasteiger partial charge >= 0.3 is 0 Å². The molecule has 1 aliphatic heterocycles. The Morgan fingerprint density at radius 1 is 0.919 bits per heavy atom. The van der Waals surface area contributed by atoms with E-state index in [2.05, 4.69) is 26.9 Å². The van der Waals surface area contributed by atoms with Gasteiger partial charge in [0, 0.05) is 37.9 Å². The van der Waals surface area contributed by atoms with Crippen LogP contribution >= 0.6 is 0 Å². The minimum Gasteiger partial charge on any atom is -0.493 e. The monoisotopic (exact) mass is 522 g/mol. The number of rotatable bonds is 8. The molecule has 1 saturated heterocycles. The third-order valence-electron chi connectivity index (χ3n) is 6.61. The van der Waals surface area contributed by atoms with Crippen molar-refractivity contribution in [1.82, 2.24) is 23.9 Å². The summed E-state index contributed by atoms with van der Waals surface area (Å²) in [4.78, 5) is 11.2. The minimum absolute atomic E-state index is 0.328. The van der Waals surface area contributed by atoms with Crippen molar-refractivity contribution < 1.29 is 17.9 Å². The van der Waals surface area contributed by atoms with Crippen molar-refractivity contribution in [2.75, 3.05) is 45.3 Å². The maximum atomic E-state index is 13.3. The Morgan fingerprint density at radius 3 is 2.32 bits per heavy atom. The summed E-state index contributed by atoms with van der Waals surface area (Å²) in [6, 6.07) is 12.9. The summed E-state index contributed by atoms with van der Waals surface area (Å²) >= 11 is 0. The van der Waals surface area contributed by atoms with Gasteiger partial charge in [0.15, 0.2) is 11.5 Å². The zero-order chi connectivity index (χ0) is 26.0. The number of hydrogen-bond acceptors (Lipinski definition) is 8. The third kappa shape index (κ3) is 4.72. The Balaban J connectivity index is 1.44. The van der Waals surface area contributed by atoms with E-state index in [0.29, 0.717) is 48.4 Å². The predicted octanol–water partition coefficient (Wildman–Crippen LogP) is 3.27. The number of ether oxygens (including phenoxy) is 2. The average molecular weight is 523 g/mol. The van der Waals surface area contributed by atoms with Crippen LogP contribution in [0.5, 0.6) is 11.5 Å². The number of benzene rings is 2. The quantitative estimate of drug-likeness (QED) is 0.348. The summed E-state index contributed by atoms with van der Waals surface area (Å²) in [5.74, 6) is 2.51. The van der Waals surface area contributed by atoms with Gasteiger partial charge in [0.25, 0.3) is 5.78 Å². The number of nitrogens with zero attached hydrogens (tertiary/aromatic N) is 6. The number of fused-ring (bicyclic) bond motifs is 1. The summed E-state index contributed by atoms with van der Waals surface area (Å²) in [5.41, 5.74) is 2.85. The van der Waals surface area contributed by atoms with E-state index in [1.54, 1.807) is 41.4 Å². The van der Waals surface area contributed by atoms with Gasteiger partial charge in [-0.15, -0.1) is 0 Å². The standard InChI is InChI=1S/C26H30N6O4S/c1-4-5-19-6-9-21(10-7-19)37(33,34)31-14-12-30(13-15-31)25-22(17-27-26-28-18-29-32(25)26)20-8-11-23(35-2)24(16-20)36-3/h6-11,16-18H,4-5,12-15H2,1-3H3. The van der Waals surface area contributed by atoms with Gasteiger partial charge in [-0.3, -0.25) is 0 Å². The Hall–Kier alpha value is -3.70. The molecular formula is C26H30N6O4S. The molecule has 194 valence electrons. The summed E-state index contributed by atoms with van der Waals surface area (Å²) in [5, 5.41) is 4.41. The third-order valence-corrected chi connectivity index (χ3v) is 8.53. The number of aryl methyl sites for hydroxylation is 1. The summed E-state index contributed by atoms with van der Waals surface area (Å²) in [6.45, 7) is 3.79. The molecule has 0 radical (unpaired) electrons. The molecule has 4 aromatic rings. The highest BCUT2D eigenvalue weighted by atomic mass is 32.2. The van der Waals surface area contributed by atoms with Crippen molar-refractivity contribution >= 4 is 21.6 Å². The number of sulfonamides is 1. The van der Waals surface area contributed by atoms with E-state index in [1.165, 1.54) is 6.33 Å². The topological polar surface area (TPSA) is 102 Å². The van der Waals surface area contributed by atoms with E-state index in [9.17, 15) is 8.42 Å². The van der Waals surface area contributed by atoms with E-state index in [0.717, 1.165) is 35.3 Å². The van der Waals surface area contributed by atoms with Crippen molar-refractivity contribution in [3.05, 3.63) is 60.6 Å². The summed E-state index contributed by atoms with van der Waals surface area (Å²) in [6.07, 6.45) is 5.19. The molecule has 1 aliphatic rings. The zero-order valence-corrected chi connectivity index (χ0v) is 22.0. The highest BCUT2D eigenvalue weighted by molar-refractivity contribution is 7.89. The highest BCUT2D eigenvalue weighted by Gasteiger charge is 2.30. The van der Waals surface area contributed by atoms with Gasteiger partial charge in [-0.05, 0) is 41.8 Å². The molecule has 5 rings (SSSR count). The van der Waals surface area contributed by atoms with E-state index in [-0.39, 0.29) is 0 Å². The SMILES string of the molecule is CCCc1ccc(S(=O)(=O)N2CCN(c3c(-c4ccc(OC)c(OC)c4)cnc4ncnn34)CC2)cc1. The van der Waals surface area contributed by atoms with Crippen molar-refractivity contribution in [2.24, 2.45) is 0 Å². The maximum absolute atomic E-state index is 13.3. The van der Waals surface area contributed by atoms with Crippen LogP contribution in [-0.2, 0) is 16.4 Å². The molecule has 0 unspecified atom stereocenters. The predicted molar refractivity (Wildman–Crippen MR) is 141 cm³/mol. The first-order chi connectivity index (χ1) is 18.0. The van der Waals surface area contributed by atoms with Crippen molar-refractivity contribution in [2.45, 2.75) is 24.7 Å². The van der Waals surface area contributed by atoms with E-state index in [1.807, 2.05) is 30.3 Å². The average Bonchev–Trinajstić information content (AvgIpc) is 3.42. The highest BCUT2D eigenvalue weighted by Crippen LogP contribution is 2.37. The second kappa shape index (κ2) is 10.3. The van der Waals surface area contributed by atoms with Crippen LogP contribution in [0.2, 0.25) is 0 Å². The number of methoxy groups -OCH3 is 2. The molecule has 0 bridgehead atoms. The first-order valence-corrected chi connectivity index (χ1v) is 13.7. The first-order valence-electron chi connectivity index (χ1n) is 12.2. The van der Waals surface area contributed by atoms with Crippen molar-refractivity contribution in [3.63, 3.8) is 0 Å². The van der Waals surface area contributed by atoms with Gasteiger partial charge in [-0.1, -0.05) is 31.5 Å². The fourth-order valence-corrected chi connectivity index (χ4v) is 6.11. The Morgan fingerprint density at radius 2 is 1.65 bits per heavy atom. The largest absolute Gasteiger partial charge is 0.493 e. The van der Waals surface area contributed by atoms with Crippen LogP contribution < -0.4 is 14.4 Å². The smallest absolute Gasteiger partial charge is 0.254 e. The van der Waals surface area contributed by atoms with Crippen LogP contribution in [0.3, 0.4) is 0 Å². The minimum atomic E-state index is -3.58. The zero-order valence-electron chi connectivity index (χ0n) is 21.2. The second-order valence-corrected chi connectivity index (χ2v) is 10.8. The maximum Gasteiger partial charge on any atom is 0.254 e. The Bertz CT molecular complexity index is 1500. The Labute approximate surface area is 216 Å². The molecular weight excluding hydrogens is 492 g/mol. The molecule has 2 aromatic carbocycles. The molecule has 1 fully saturated rings. The lowest BCUT2D eigenvalue weighted by Crippen LogP contribution is -2.49. The van der Waals surface area contributed by atoms with Crippen LogP contribution in [0, 0.1) is 0 Å². The van der Waals surface area contributed by atoms with E-state index in [4.69, 9.17) is 9.47 Å². The lowest BCUT2D eigenvalue weighted by molar-refractivity contribution is 0.355. The van der Waals surface area contributed by atoms with E-state index < -0.39 is 10.0 Å². The van der Waals surface area contributed by atoms with Crippen LogP contribution in [0.15, 0.2) is 59.9 Å². The van der Waals surface area contributed by atoms with Crippen molar-refractivity contribution in [3.8, 4) is 22.6 Å². The van der Waals surface area contributed by atoms with Crippen LogP contribution in [0.25, 0.3) is 16.9 Å². The molecule has 0 N–H and O–H groups in total. The number of hydrogen-bond donors (Lipinski definition) is 0. The normalized spacial score (nSPS) is 14.7. The van der Waals surface area contributed by atoms with Crippen molar-refractivity contribution in [1.29, 1.82) is 0 Å². The van der Waals surface area contributed by atoms with Crippen LogP contribution in [-0.4, -0.2) is 72.7 Å². The van der Waals surface area contributed by atoms with Gasteiger partial charge in [-0.25, -0.2) is 13.4 Å². The molecule has 0 amide bonds. The molecule has 11 heteroatoms. The van der Waals surface area contributed by atoms with Gasteiger partial charge in [0.1, 0.15) is 12.1 Å². The molecule has 0 spiro atoms. The molecule has 0 atom stereocenters. The summed E-state index contributed by atoms with van der Waals surface area (Å²) < 4.78 is 40.8. The van der Waals surface area contributed by atoms with Gasteiger partial charge in [-0.2, -0.15) is 18.9 Å². The number of aromatic nitrogens is 4. The fraction of sp³-hybridized carbons (Fsp3) is 0.346. The second-order valence-electron chi connectivity index (χ2n) is 8.82. The summed E-state index contributed by atoms with van der Waals surface area (Å²) in [7, 11) is -0.389. The molecule has 0 saturated carbocycles. The number of piperazine rings is 1. The number of anilines is 1. The molecule has 37 heavy (non-hydrogen) atoms. The van der Waals surface area contributed by atoms with Crippen LogP contribution in [0.1, 0.15) is 18.9 Å². The molecule has 0 aliphatic carbocycles. The molecule has 3 heterocycles. The fourth-order valence-electron chi connectivity index (χ4n) is 4.68. The lowest BCUT2D eigenvalue weighted by Gasteiger charge is -2.36. The van der Waals surface area contributed by atoms with E-state index >= 15 is 0 Å². The van der Waals surface area contributed by atoms with Gasteiger partial charge < -0.3 is 14.4 Å². The van der Waals surface area contributed by atoms with Crippen LogP contribution in [0.4, 0.5) is 5.82 Å².